The molecule has 7 nitrogen and oxygen atoms in total. The number of nitro groups is 1. The molecule has 0 atom stereocenters. The molecule has 1 saturated heterocycles. The average molecular weight is 335 g/mol. The maximum atomic E-state index is 10.5. The Kier molecular flexibility index (Phi) is 11.1. The Morgan fingerprint density at radius 2 is 1.89 bits per heavy atom. The van der Waals surface area contributed by atoms with Crippen LogP contribution in [0.2, 0.25) is 0 Å². The minimum Gasteiger partial charge on any atom is -0.314 e. The van der Waals surface area contributed by atoms with Crippen molar-refractivity contribution < 1.29 is 4.92 Å². The molecule has 1 aliphatic rings. The fourth-order valence-electron chi connectivity index (χ4n) is 1.75. The molecule has 1 N–H and O–H groups in total. The molecule has 19 heavy (non-hydrogen) atoms. The van der Waals surface area contributed by atoms with Crippen molar-refractivity contribution in [2.45, 2.75) is 6.54 Å². The van der Waals surface area contributed by atoms with Crippen LogP contribution < -0.4 is 5.32 Å². The summed E-state index contributed by atoms with van der Waals surface area (Å²) in [4.78, 5) is 12.4. The number of hydrogen-bond acceptors (Lipinski definition) is 5. The van der Waals surface area contributed by atoms with Gasteiger partial charge in [0.2, 0.25) is 0 Å². The summed E-state index contributed by atoms with van der Waals surface area (Å²) in [6, 6.07) is 0. The molecule has 0 saturated carbocycles. The van der Waals surface area contributed by atoms with Gasteiger partial charge in [-0.15, -0.1) is 37.2 Å². The molecule has 10 heteroatoms. The Bertz CT molecular complexity index is 370. The van der Waals surface area contributed by atoms with Crippen molar-refractivity contribution in [2.24, 2.45) is 0 Å². The maximum Gasteiger partial charge on any atom is 0.306 e. The van der Waals surface area contributed by atoms with E-state index in [9.17, 15) is 10.1 Å². The van der Waals surface area contributed by atoms with E-state index in [1.54, 1.807) is 4.68 Å². The normalized spacial score (nSPS) is 14.7. The molecule has 0 spiro atoms. The fourth-order valence-corrected chi connectivity index (χ4v) is 1.75. The van der Waals surface area contributed by atoms with E-state index in [0.29, 0.717) is 6.54 Å². The minimum absolute atomic E-state index is 0. The molecule has 1 aromatic rings. The van der Waals surface area contributed by atoms with Crippen LogP contribution in [0.1, 0.15) is 0 Å². The molecule has 2 heterocycles. The van der Waals surface area contributed by atoms with Crippen molar-refractivity contribution >= 4 is 42.9 Å². The van der Waals surface area contributed by atoms with Gasteiger partial charge in [-0.3, -0.25) is 19.7 Å². The lowest BCUT2D eigenvalue weighted by Crippen LogP contribution is -2.44. The first-order chi connectivity index (χ1) is 7.75. The Morgan fingerprint density at radius 3 is 2.42 bits per heavy atom. The van der Waals surface area contributed by atoms with E-state index < -0.39 is 4.92 Å². The van der Waals surface area contributed by atoms with Crippen LogP contribution in [0.25, 0.3) is 0 Å². The van der Waals surface area contributed by atoms with Crippen molar-refractivity contribution in [3.8, 4) is 0 Å². The van der Waals surface area contributed by atoms with Crippen LogP contribution >= 0.6 is 37.2 Å². The molecular formula is C9H18Cl3N5O2. The molecule has 0 bridgehead atoms. The van der Waals surface area contributed by atoms with Gasteiger partial charge in [-0.1, -0.05) is 0 Å². The first kappa shape index (κ1) is 20.7. The van der Waals surface area contributed by atoms with Gasteiger partial charge in [-0.05, 0) is 0 Å². The number of rotatable bonds is 4. The minimum atomic E-state index is -0.422. The van der Waals surface area contributed by atoms with Gasteiger partial charge in [0.25, 0.3) is 0 Å². The number of aromatic nitrogens is 2. The van der Waals surface area contributed by atoms with E-state index in [4.69, 9.17) is 0 Å². The van der Waals surface area contributed by atoms with E-state index >= 15 is 0 Å². The lowest BCUT2D eigenvalue weighted by molar-refractivity contribution is -0.385. The highest BCUT2D eigenvalue weighted by molar-refractivity contribution is 5.86. The lowest BCUT2D eigenvalue weighted by Gasteiger charge is -2.26. The second kappa shape index (κ2) is 10.2. The van der Waals surface area contributed by atoms with Gasteiger partial charge < -0.3 is 5.32 Å². The van der Waals surface area contributed by atoms with Gasteiger partial charge in [0.15, 0.2) is 0 Å². The van der Waals surface area contributed by atoms with Crippen LogP contribution in [-0.4, -0.2) is 52.3 Å². The van der Waals surface area contributed by atoms with Crippen LogP contribution in [0, 0.1) is 10.1 Å². The van der Waals surface area contributed by atoms with Crippen LogP contribution in [0.4, 0.5) is 5.69 Å². The van der Waals surface area contributed by atoms with Crippen LogP contribution in [-0.2, 0) is 6.54 Å². The van der Waals surface area contributed by atoms with Crippen molar-refractivity contribution in [3.63, 3.8) is 0 Å². The first-order valence-electron chi connectivity index (χ1n) is 5.35. The predicted octanol–water partition coefficient (Wildman–Crippen LogP) is 0.962. The Hall–Kier alpha value is -0.600. The third-order valence-electron chi connectivity index (χ3n) is 2.69. The zero-order valence-corrected chi connectivity index (χ0v) is 12.7. The summed E-state index contributed by atoms with van der Waals surface area (Å²) >= 11 is 0. The number of piperazine rings is 1. The molecule has 0 aliphatic carbocycles. The summed E-state index contributed by atoms with van der Waals surface area (Å²) < 4.78 is 1.63. The molecule has 112 valence electrons. The summed E-state index contributed by atoms with van der Waals surface area (Å²) in [5.74, 6) is 0. The summed E-state index contributed by atoms with van der Waals surface area (Å²) in [7, 11) is 0. The Labute approximate surface area is 130 Å². The molecule has 2 rings (SSSR count). The first-order valence-corrected chi connectivity index (χ1v) is 5.35. The highest BCUT2D eigenvalue weighted by Gasteiger charge is 2.11. The van der Waals surface area contributed by atoms with Gasteiger partial charge in [0, 0.05) is 32.7 Å². The van der Waals surface area contributed by atoms with Crippen molar-refractivity contribution in [3.05, 3.63) is 22.5 Å². The lowest BCUT2D eigenvalue weighted by atomic mass is 10.3. The summed E-state index contributed by atoms with van der Waals surface area (Å²) in [6.07, 6.45) is 2.76. The second-order valence-electron chi connectivity index (χ2n) is 3.81. The zero-order valence-electron chi connectivity index (χ0n) is 10.2. The molecule has 0 amide bonds. The number of halogens is 3. The topological polar surface area (TPSA) is 76.2 Å². The molecule has 1 aliphatic heterocycles. The second-order valence-corrected chi connectivity index (χ2v) is 3.81. The van der Waals surface area contributed by atoms with Gasteiger partial charge in [-0.25, -0.2) is 0 Å². The number of nitrogens with zero attached hydrogens (tertiary/aromatic N) is 4. The number of hydrogen-bond donors (Lipinski definition) is 1. The highest BCUT2D eigenvalue weighted by Crippen LogP contribution is 2.07. The standard InChI is InChI=1S/C9H15N5O2.3ClH/c15-14(16)9-7-11-13(8-9)6-5-12-3-1-10-2-4-12;;;/h7-8,10H,1-6H2;3*1H. The quantitative estimate of drug-likeness (QED) is 0.656. The Morgan fingerprint density at radius 1 is 1.26 bits per heavy atom. The van der Waals surface area contributed by atoms with Crippen molar-refractivity contribution in [1.29, 1.82) is 0 Å². The van der Waals surface area contributed by atoms with E-state index in [1.165, 1.54) is 12.4 Å². The van der Waals surface area contributed by atoms with E-state index in [0.717, 1.165) is 32.7 Å². The fraction of sp³-hybridized carbons (Fsp3) is 0.667. The SMILES string of the molecule is Cl.Cl.Cl.O=[N+]([O-])c1cnn(CCN2CCNCC2)c1. The average Bonchev–Trinajstić information content (AvgIpc) is 2.76. The van der Waals surface area contributed by atoms with Gasteiger partial charge in [0.1, 0.15) is 12.4 Å². The van der Waals surface area contributed by atoms with Crippen LogP contribution in [0.15, 0.2) is 12.4 Å². The number of nitrogens with one attached hydrogen (secondary N) is 1. The molecule has 0 unspecified atom stereocenters. The van der Waals surface area contributed by atoms with Crippen molar-refractivity contribution in [2.75, 3.05) is 32.7 Å². The molecule has 1 fully saturated rings. The Balaban J connectivity index is 0. The largest absolute Gasteiger partial charge is 0.314 e. The monoisotopic (exact) mass is 333 g/mol. The van der Waals surface area contributed by atoms with E-state index in [1.807, 2.05) is 0 Å². The highest BCUT2D eigenvalue weighted by atomic mass is 35.5. The van der Waals surface area contributed by atoms with Crippen LogP contribution in [0.5, 0.6) is 0 Å². The molecule has 1 aromatic heterocycles. The van der Waals surface area contributed by atoms with E-state index in [2.05, 4.69) is 15.3 Å². The van der Waals surface area contributed by atoms with Gasteiger partial charge >= 0.3 is 5.69 Å². The van der Waals surface area contributed by atoms with E-state index in [-0.39, 0.29) is 42.9 Å². The van der Waals surface area contributed by atoms with Gasteiger partial charge in [0.05, 0.1) is 11.5 Å². The summed E-state index contributed by atoms with van der Waals surface area (Å²) in [5.41, 5.74) is 0.0558. The molecular weight excluding hydrogens is 316 g/mol. The molecule has 0 radical (unpaired) electrons. The zero-order chi connectivity index (χ0) is 11.4. The third-order valence-corrected chi connectivity index (χ3v) is 2.69. The predicted molar refractivity (Wildman–Crippen MR) is 79.9 cm³/mol. The van der Waals surface area contributed by atoms with Gasteiger partial charge in [-0.2, -0.15) is 5.10 Å². The summed E-state index contributed by atoms with van der Waals surface area (Å²) in [5, 5.41) is 17.7. The van der Waals surface area contributed by atoms with Crippen LogP contribution in [0.3, 0.4) is 0 Å². The smallest absolute Gasteiger partial charge is 0.306 e. The molecule has 0 aromatic carbocycles. The summed E-state index contributed by atoms with van der Waals surface area (Å²) in [6.45, 7) is 5.68. The third kappa shape index (κ3) is 6.40. The maximum absolute atomic E-state index is 10.5. The van der Waals surface area contributed by atoms with Crippen molar-refractivity contribution in [1.82, 2.24) is 20.0 Å².